The smallest absolute Gasteiger partial charge is 0.320 e. The van der Waals surface area contributed by atoms with E-state index in [9.17, 15) is 17.6 Å². The van der Waals surface area contributed by atoms with Gasteiger partial charge in [-0.05, 0) is 57.3 Å². The standard InChI is InChI=1S/C12H8F4INS/c13-9-3-6(1-2-8(9)12(14,15)16)11(18)7-4-10(17)19-5-7/h1-5,11H,18H2. The van der Waals surface area contributed by atoms with Crippen molar-refractivity contribution >= 4 is 33.9 Å². The van der Waals surface area contributed by atoms with Crippen LogP contribution in [0.25, 0.3) is 0 Å². The van der Waals surface area contributed by atoms with Gasteiger partial charge in [-0.2, -0.15) is 13.2 Å². The monoisotopic (exact) mass is 401 g/mol. The first-order chi connectivity index (χ1) is 8.79. The molecule has 0 spiro atoms. The number of halogens is 5. The van der Waals surface area contributed by atoms with Crippen LogP contribution in [0, 0.1) is 8.70 Å². The van der Waals surface area contributed by atoms with Gasteiger partial charge in [0.05, 0.1) is 14.5 Å². The molecular weight excluding hydrogens is 393 g/mol. The van der Waals surface area contributed by atoms with E-state index in [1.54, 1.807) is 0 Å². The second kappa shape index (κ2) is 5.37. The minimum atomic E-state index is -4.69. The summed E-state index contributed by atoms with van der Waals surface area (Å²) >= 11 is 3.59. The van der Waals surface area contributed by atoms with Gasteiger partial charge in [-0.1, -0.05) is 6.07 Å². The van der Waals surface area contributed by atoms with Crippen LogP contribution < -0.4 is 5.73 Å². The van der Waals surface area contributed by atoms with Crippen molar-refractivity contribution in [3.8, 4) is 0 Å². The van der Waals surface area contributed by atoms with Gasteiger partial charge in [0.1, 0.15) is 5.82 Å². The maximum atomic E-state index is 13.5. The SMILES string of the molecule is NC(c1csc(I)c1)c1ccc(C(F)(F)F)c(F)c1. The van der Waals surface area contributed by atoms with Gasteiger partial charge in [-0.3, -0.25) is 0 Å². The summed E-state index contributed by atoms with van der Waals surface area (Å²) in [5.41, 5.74) is 5.72. The zero-order valence-electron chi connectivity index (χ0n) is 9.34. The van der Waals surface area contributed by atoms with Crippen molar-refractivity contribution in [1.82, 2.24) is 0 Å². The third kappa shape index (κ3) is 3.26. The second-order valence-corrected chi connectivity index (χ2v) is 6.70. The van der Waals surface area contributed by atoms with Crippen LogP contribution in [-0.2, 0) is 6.18 Å². The molecule has 0 aliphatic rings. The molecule has 7 heteroatoms. The second-order valence-electron chi connectivity index (χ2n) is 3.90. The van der Waals surface area contributed by atoms with Crippen LogP contribution >= 0.6 is 33.9 Å². The van der Waals surface area contributed by atoms with Crippen molar-refractivity contribution in [3.63, 3.8) is 0 Å². The molecule has 0 radical (unpaired) electrons. The largest absolute Gasteiger partial charge is 0.419 e. The van der Waals surface area contributed by atoms with Crippen molar-refractivity contribution in [2.75, 3.05) is 0 Å². The average Bonchev–Trinajstić information content (AvgIpc) is 2.73. The Morgan fingerprint density at radius 3 is 2.32 bits per heavy atom. The number of thiophene rings is 1. The highest BCUT2D eigenvalue weighted by molar-refractivity contribution is 14.1. The molecule has 1 heterocycles. The van der Waals surface area contributed by atoms with Gasteiger partial charge in [0, 0.05) is 0 Å². The Kier molecular flexibility index (Phi) is 4.17. The van der Waals surface area contributed by atoms with Crippen LogP contribution in [0.3, 0.4) is 0 Å². The molecule has 0 bridgehead atoms. The van der Waals surface area contributed by atoms with E-state index < -0.39 is 23.6 Å². The molecular formula is C12H8F4INS. The van der Waals surface area contributed by atoms with Crippen LogP contribution in [0.2, 0.25) is 0 Å². The number of hydrogen-bond donors (Lipinski definition) is 1. The molecule has 2 N–H and O–H groups in total. The normalized spacial score (nSPS) is 13.6. The van der Waals surface area contributed by atoms with Crippen molar-refractivity contribution in [3.05, 3.63) is 55.0 Å². The van der Waals surface area contributed by atoms with Crippen molar-refractivity contribution in [2.45, 2.75) is 12.2 Å². The van der Waals surface area contributed by atoms with Gasteiger partial charge in [0.2, 0.25) is 0 Å². The Balaban J connectivity index is 2.35. The summed E-state index contributed by atoms with van der Waals surface area (Å²) in [7, 11) is 0. The predicted octanol–water partition coefficient (Wildman–Crippen LogP) is 4.56. The number of benzene rings is 1. The Labute approximate surface area is 124 Å². The van der Waals surface area contributed by atoms with E-state index >= 15 is 0 Å². The van der Waals surface area contributed by atoms with Crippen molar-refractivity contribution in [1.29, 1.82) is 0 Å². The van der Waals surface area contributed by atoms with Crippen LogP contribution in [0.1, 0.15) is 22.7 Å². The zero-order chi connectivity index (χ0) is 14.2. The molecule has 1 nitrogen and oxygen atoms in total. The molecule has 19 heavy (non-hydrogen) atoms. The lowest BCUT2D eigenvalue weighted by Crippen LogP contribution is -2.13. The molecule has 1 unspecified atom stereocenters. The first-order valence-electron chi connectivity index (χ1n) is 5.15. The lowest BCUT2D eigenvalue weighted by Gasteiger charge is -2.13. The molecule has 0 amide bonds. The highest BCUT2D eigenvalue weighted by atomic mass is 127. The molecule has 0 aliphatic heterocycles. The van der Waals surface area contributed by atoms with E-state index in [0.29, 0.717) is 5.56 Å². The first-order valence-corrected chi connectivity index (χ1v) is 7.11. The van der Waals surface area contributed by atoms with Crippen molar-refractivity contribution in [2.24, 2.45) is 5.73 Å². The minimum Gasteiger partial charge on any atom is -0.320 e. The van der Waals surface area contributed by atoms with Gasteiger partial charge in [-0.15, -0.1) is 11.3 Å². The van der Waals surface area contributed by atoms with Gasteiger partial charge in [0.25, 0.3) is 0 Å². The van der Waals surface area contributed by atoms with Crippen LogP contribution in [0.15, 0.2) is 29.6 Å². The molecule has 102 valence electrons. The van der Waals surface area contributed by atoms with E-state index in [-0.39, 0.29) is 0 Å². The zero-order valence-corrected chi connectivity index (χ0v) is 12.3. The highest BCUT2D eigenvalue weighted by Crippen LogP contribution is 2.33. The van der Waals surface area contributed by atoms with E-state index in [4.69, 9.17) is 5.73 Å². The molecule has 1 atom stereocenters. The fourth-order valence-electron chi connectivity index (χ4n) is 1.63. The first kappa shape index (κ1) is 14.7. The van der Waals surface area contributed by atoms with Crippen LogP contribution in [0.4, 0.5) is 17.6 Å². The van der Waals surface area contributed by atoms with E-state index in [2.05, 4.69) is 22.6 Å². The maximum absolute atomic E-state index is 13.5. The number of hydrogen-bond acceptors (Lipinski definition) is 2. The van der Waals surface area contributed by atoms with E-state index in [1.807, 2.05) is 11.4 Å². The third-order valence-corrected chi connectivity index (χ3v) is 4.41. The molecule has 2 aromatic rings. The highest BCUT2D eigenvalue weighted by Gasteiger charge is 2.34. The van der Waals surface area contributed by atoms with Crippen LogP contribution in [0.5, 0.6) is 0 Å². The summed E-state index contributed by atoms with van der Waals surface area (Å²) in [6.07, 6.45) is -4.69. The summed E-state index contributed by atoms with van der Waals surface area (Å²) in [4.78, 5) is 0. The maximum Gasteiger partial charge on any atom is 0.419 e. The Bertz CT molecular complexity index is 594. The number of alkyl halides is 3. The molecule has 1 aromatic carbocycles. The van der Waals surface area contributed by atoms with Gasteiger partial charge < -0.3 is 5.73 Å². The predicted molar refractivity (Wildman–Crippen MR) is 74.5 cm³/mol. The fourth-order valence-corrected chi connectivity index (χ4v) is 3.04. The topological polar surface area (TPSA) is 26.0 Å². The summed E-state index contributed by atoms with van der Waals surface area (Å²) in [6, 6.07) is 3.98. The summed E-state index contributed by atoms with van der Waals surface area (Å²) in [5.74, 6) is -1.30. The third-order valence-electron chi connectivity index (χ3n) is 2.60. The Morgan fingerprint density at radius 2 is 1.84 bits per heavy atom. The quantitative estimate of drug-likeness (QED) is 0.580. The molecule has 1 aromatic heterocycles. The summed E-state index contributed by atoms with van der Waals surface area (Å²) in [6.45, 7) is 0. The Hall–Kier alpha value is -0.670. The fraction of sp³-hybridized carbons (Fsp3) is 0.167. The lowest BCUT2D eigenvalue weighted by molar-refractivity contribution is -0.140. The van der Waals surface area contributed by atoms with Gasteiger partial charge in [0.15, 0.2) is 0 Å². The van der Waals surface area contributed by atoms with E-state index in [0.717, 1.165) is 20.6 Å². The lowest BCUT2D eigenvalue weighted by atomic mass is 10.0. The molecule has 0 saturated heterocycles. The molecule has 0 fully saturated rings. The number of nitrogens with two attached hydrogens (primary N) is 1. The van der Waals surface area contributed by atoms with Gasteiger partial charge in [-0.25, -0.2) is 4.39 Å². The summed E-state index contributed by atoms with van der Waals surface area (Å²) in [5, 5.41) is 1.81. The molecule has 0 saturated carbocycles. The van der Waals surface area contributed by atoms with Crippen molar-refractivity contribution < 1.29 is 17.6 Å². The van der Waals surface area contributed by atoms with Gasteiger partial charge >= 0.3 is 6.18 Å². The molecule has 0 aliphatic carbocycles. The Morgan fingerprint density at radius 1 is 1.16 bits per heavy atom. The number of rotatable bonds is 2. The minimum absolute atomic E-state index is 0.319. The average molecular weight is 401 g/mol. The summed E-state index contributed by atoms with van der Waals surface area (Å²) < 4.78 is 51.8. The molecule has 2 rings (SSSR count). The van der Waals surface area contributed by atoms with Crippen LogP contribution in [-0.4, -0.2) is 0 Å². The van der Waals surface area contributed by atoms with E-state index in [1.165, 1.54) is 17.4 Å².